The van der Waals surface area contributed by atoms with Gasteiger partial charge in [0.2, 0.25) is 11.0 Å². The van der Waals surface area contributed by atoms with Crippen molar-refractivity contribution in [1.82, 2.24) is 10.2 Å². The third-order valence-corrected chi connectivity index (χ3v) is 6.80. The molecule has 0 aliphatic heterocycles. The number of aromatic nitrogens is 2. The molecule has 0 aliphatic carbocycles. The molecular weight excluding hydrogens is 469 g/mol. The number of nitrogens with one attached hydrogen (secondary N) is 2. The lowest BCUT2D eigenvalue weighted by Gasteiger charge is -2.14. The first-order valence-electron chi connectivity index (χ1n) is 9.05. The maximum Gasteiger partial charge on any atom is 0.416 e. The molecule has 0 aliphatic rings. The van der Waals surface area contributed by atoms with E-state index < -0.39 is 22.9 Å². The first kappa shape index (κ1) is 23.4. The van der Waals surface area contributed by atoms with E-state index in [2.05, 4.69) is 20.8 Å². The molecule has 1 amide bonds. The smallest absolute Gasteiger partial charge is 0.330 e. The average molecular weight is 487 g/mol. The summed E-state index contributed by atoms with van der Waals surface area (Å²) in [6.07, 6.45) is -4.53. The molecule has 0 radical (unpaired) electrons. The summed E-state index contributed by atoms with van der Waals surface area (Å²) in [6.45, 7) is 5.64. The fourth-order valence-electron chi connectivity index (χ4n) is 2.55. The molecule has 0 saturated heterocycles. The monoisotopic (exact) mass is 486 g/mol. The number of nitrogens with zero attached hydrogens (tertiary/aromatic N) is 2. The summed E-state index contributed by atoms with van der Waals surface area (Å²) in [5, 5.41) is 13.8. The van der Waals surface area contributed by atoms with Crippen molar-refractivity contribution in [1.29, 1.82) is 0 Å². The number of carbonyl (C=O) groups is 1. The zero-order valence-corrected chi connectivity index (χ0v) is 19.1. The summed E-state index contributed by atoms with van der Waals surface area (Å²) in [6, 6.07) is 8.67. The van der Waals surface area contributed by atoms with Crippen molar-refractivity contribution in [3.63, 3.8) is 0 Å². The van der Waals surface area contributed by atoms with Crippen LogP contribution < -0.4 is 10.6 Å². The number of thioether (sulfide) groups is 1. The van der Waals surface area contributed by atoms with Gasteiger partial charge in [-0.3, -0.25) is 4.79 Å². The lowest BCUT2D eigenvalue weighted by Crippen LogP contribution is -2.22. The number of hydrogen-bond donors (Lipinski definition) is 2. The molecule has 0 spiro atoms. The number of aryl methyl sites for hydroxylation is 1. The van der Waals surface area contributed by atoms with Crippen LogP contribution in [-0.4, -0.2) is 21.4 Å². The molecule has 0 unspecified atom stereocenters. The molecule has 0 bridgehead atoms. The van der Waals surface area contributed by atoms with Gasteiger partial charge in [0.15, 0.2) is 4.34 Å². The molecule has 164 valence electrons. The van der Waals surface area contributed by atoms with Gasteiger partial charge in [0.25, 0.3) is 0 Å². The van der Waals surface area contributed by atoms with E-state index >= 15 is 0 Å². The Labute approximate surface area is 190 Å². The highest BCUT2D eigenvalue weighted by atomic mass is 35.5. The van der Waals surface area contributed by atoms with Crippen molar-refractivity contribution in [3.05, 3.63) is 58.1 Å². The van der Waals surface area contributed by atoms with Gasteiger partial charge in [0.05, 0.1) is 21.5 Å². The second-order valence-electron chi connectivity index (χ2n) is 6.69. The predicted molar refractivity (Wildman–Crippen MR) is 120 cm³/mol. The molecule has 0 fully saturated rings. The van der Waals surface area contributed by atoms with Crippen LogP contribution in [0.3, 0.4) is 0 Å². The number of hydrogen-bond acceptors (Lipinski definition) is 6. The Hall–Kier alpha value is -2.30. The maximum absolute atomic E-state index is 12.9. The van der Waals surface area contributed by atoms with E-state index in [-0.39, 0.29) is 10.7 Å². The molecular formula is C20H18ClF3N4OS2. The summed E-state index contributed by atoms with van der Waals surface area (Å²) in [5.74, 6) is -0.495. The van der Waals surface area contributed by atoms with Crippen LogP contribution in [-0.2, 0) is 11.0 Å². The lowest BCUT2D eigenvalue weighted by atomic mass is 10.1. The van der Waals surface area contributed by atoms with E-state index in [0.29, 0.717) is 9.47 Å². The Balaban J connectivity index is 1.65. The van der Waals surface area contributed by atoms with Crippen LogP contribution in [0.4, 0.5) is 29.7 Å². The zero-order valence-electron chi connectivity index (χ0n) is 16.7. The first-order chi connectivity index (χ1) is 14.5. The van der Waals surface area contributed by atoms with Gasteiger partial charge < -0.3 is 10.6 Å². The SMILES string of the molecule is Cc1cccc(Nc2nnc(S[C@@H](C)C(=O)Nc3cc(C(F)(F)F)ccc3Cl)s2)c1C. The van der Waals surface area contributed by atoms with Crippen LogP contribution in [0.15, 0.2) is 40.7 Å². The van der Waals surface area contributed by atoms with Crippen molar-refractivity contribution >= 4 is 57.1 Å². The Morgan fingerprint density at radius 1 is 1.16 bits per heavy atom. The number of alkyl halides is 3. The van der Waals surface area contributed by atoms with Gasteiger partial charge in [-0.1, -0.05) is 46.8 Å². The van der Waals surface area contributed by atoms with Crippen LogP contribution >= 0.6 is 34.7 Å². The standard InChI is InChI=1S/C20H18ClF3N4OS2/c1-10-5-4-6-15(11(10)2)26-18-27-28-19(31-18)30-12(3)17(29)25-16-9-13(20(22,23)24)7-8-14(16)21/h4-9,12H,1-3H3,(H,25,29)(H,26,27)/t12-/m0/s1. The summed E-state index contributed by atoms with van der Waals surface area (Å²) >= 11 is 8.37. The number of amides is 1. The molecule has 2 N–H and O–H groups in total. The van der Waals surface area contributed by atoms with Crippen LogP contribution in [0.1, 0.15) is 23.6 Å². The predicted octanol–water partition coefficient (Wildman–Crippen LogP) is 6.69. The number of halogens is 4. The average Bonchev–Trinajstić information content (AvgIpc) is 3.13. The van der Waals surface area contributed by atoms with Crippen molar-refractivity contribution < 1.29 is 18.0 Å². The number of rotatable bonds is 6. The summed E-state index contributed by atoms with van der Waals surface area (Å²) in [4.78, 5) is 12.5. The molecule has 1 aromatic heterocycles. The van der Waals surface area contributed by atoms with Crippen LogP contribution in [0.25, 0.3) is 0 Å². The van der Waals surface area contributed by atoms with E-state index in [0.717, 1.165) is 46.8 Å². The van der Waals surface area contributed by atoms with E-state index in [9.17, 15) is 18.0 Å². The molecule has 5 nitrogen and oxygen atoms in total. The number of anilines is 3. The van der Waals surface area contributed by atoms with Gasteiger partial charge in [-0.15, -0.1) is 10.2 Å². The minimum absolute atomic E-state index is 0.0227. The van der Waals surface area contributed by atoms with Gasteiger partial charge in [-0.25, -0.2) is 0 Å². The van der Waals surface area contributed by atoms with Crippen molar-refractivity contribution in [2.45, 2.75) is 36.5 Å². The molecule has 0 saturated carbocycles. The van der Waals surface area contributed by atoms with E-state index in [1.807, 2.05) is 32.0 Å². The normalized spacial score (nSPS) is 12.5. The maximum atomic E-state index is 12.9. The molecule has 3 rings (SSSR count). The number of benzene rings is 2. The minimum atomic E-state index is -4.53. The van der Waals surface area contributed by atoms with Crippen molar-refractivity contribution in [3.8, 4) is 0 Å². The highest BCUT2D eigenvalue weighted by Gasteiger charge is 2.31. The Kier molecular flexibility index (Phi) is 7.13. The highest BCUT2D eigenvalue weighted by Crippen LogP contribution is 2.35. The highest BCUT2D eigenvalue weighted by molar-refractivity contribution is 8.02. The molecule has 3 aromatic rings. The third-order valence-electron chi connectivity index (χ3n) is 4.45. The largest absolute Gasteiger partial charge is 0.416 e. The fourth-order valence-corrected chi connectivity index (χ4v) is 4.62. The van der Waals surface area contributed by atoms with Crippen LogP contribution in [0.2, 0.25) is 5.02 Å². The quantitative estimate of drug-likeness (QED) is 0.380. The Bertz CT molecular complexity index is 1100. The van der Waals surface area contributed by atoms with Gasteiger partial charge >= 0.3 is 6.18 Å². The van der Waals surface area contributed by atoms with E-state index in [1.54, 1.807) is 6.92 Å². The molecule has 1 heterocycles. The zero-order chi connectivity index (χ0) is 22.8. The van der Waals surface area contributed by atoms with Crippen LogP contribution in [0, 0.1) is 13.8 Å². The number of carbonyl (C=O) groups excluding carboxylic acids is 1. The molecule has 11 heteroatoms. The lowest BCUT2D eigenvalue weighted by molar-refractivity contribution is -0.137. The Morgan fingerprint density at radius 3 is 2.61 bits per heavy atom. The van der Waals surface area contributed by atoms with Crippen molar-refractivity contribution in [2.75, 3.05) is 10.6 Å². The fraction of sp³-hybridized carbons (Fsp3) is 0.250. The summed E-state index contributed by atoms with van der Waals surface area (Å²) in [5.41, 5.74) is 2.17. The summed E-state index contributed by atoms with van der Waals surface area (Å²) in [7, 11) is 0. The van der Waals surface area contributed by atoms with Crippen molar-refractivity contribution in [2.24, 2.45) is 0 Å². The first-order valence-corrected chi connectivity index (χ1v) is 11.1. The van der Waals surface area contributed by atoms with Gasteiger partial charge in [-0.2, -0.15) is 13.2 Å². The second kappa shape index (κ2) is 9.46. The Morgan fingerprint density at radius 2 is 1.90 bits per heavy atom. The van der Waals surface area contributed by atoms with E-state index in [1.165, 1.54) is 11.3 Å². The second-order valence-corrected chi connectivity index (χ2v) is 9.66. The van der Waals surface area contributed by atoms with Gasteiger partial charge in [0.1, 0.15) is 0 Å². The van der Waals surface area contributed by atoms with Gasteiger partial charge in [0, 0.05) is 5.69 Å². The van der Waals surface area contributed by atoms with E-state index in [4.69, 9.17) is 11.6 Å². The third kappa shape index (κ3) is 5.90. The topological polar surface area (TPSA) is 66.9 Å². The molecule has 31 heavy (non-hydrogen) atoms. The molecule has 1 atom stereocenters. The molecule has 2 aromatic carbocycles. The van der Waals surface area contributed by atoms with Crippen LogP contribution in [0.5, 0.6) is 0 Å². The van der Waals surface area contributed by atoms with Gasteiger partial charge in [-0.05, 0) is 56.2 Å². The summed E-state index contributed by atoms with van der Waals surface area (Å²) < 4.78 is 39.3. The minimum Gasteiger partial charge on any atom is -0.330 e.